The van der Waals surface area contributed by atoms with Crippen LogP contribution in [0.25, 0.3) is 89.2 Å². The Kier molecular flexibility index (Phi) is 5.74. The van der Waals surface area contributed by atoms with Crippen molar-refractivity contribution in [3.63, 3.8) is 0 Å². The van der Waals surface area contributed by atoms with Crippen LogP contribution in [-0.4, -0.2) is 15.0 Å². The molecule has 14 rings (SSSR count). The van der Waals surface area contributed by atoms with Gasteiger partial charge in [0.25, 0.3) is 0 Å². The number of hydrogen-bond donors (Lipinski definition) is 0. The molecule has 9 aromatic rings. The minimum Gasteiger partial charge on any atom is -0.456 e. The summed E-state index contributed by atoms with van der Waals surface area (Å²) in [6.45, 7) is 0. The number of rotatable bonds is 3. The SMILES string of the molecule is c1ccc2c(c1)-c1ccc(-c3nc(-c4cccc5c4oc4ccccc45)nc(-c4cccc5oc6ccccc6c45)n3)cc1C21C2CC3CC(C2)CC1C3. The summed E-state index contributed by atoms with van der Waals surface area (Å²) in [6, 6.07) is 45.2. The topological polar surface area (TPSA) is 65.0 Å². The molecule has 0 atom stereocenters. The summed E-state index contributed by atoms with van der Waals surface area (Å²) in [5.74, 6) is 5.00. The molecule has 5 aliphatic carbocycles. The molecule has 0 unspecified atom stereocenters. The predicted octanol–water partition coefficient (Wildman–Crippen LogP) is 12.4. The molecular formula is C49H35N3O2. The Hall–Kier alpha value is -6.07. The lowest BCUT2D eigenvalue weighted by atomic mass is 9.43. The maximum absolute atomic E-state index is 6.56. The summed E-state index contributed by atoms with van der Waals surface area (Å²) in [4.78, 5) is 16.0. The highest BCUT2D eigenvalue weighted by atomic mass is 16.3. The fraction of sp³-hybridized carbons (Fsp3) is 0.204. The first-order valence-corrected chi connectivity index (χ1v) is 19.5. The van der Waals surface area contributed by atoms with E-state index in [0.29, 0.717) is 29.3 Å². The van der Waals surface area contributed by atoms with Gasteiger partial charge in [0.2, 0.25) is 0 Å². The lowest BCUT2D eigenvalue weighted by Crippen LogP contribution is -2.55. The van der Waals surface area contributed by atoms with Gasteiger partial charge in [-0.2, -0.15) is 0 Å². The molecule has 0 saturated heterocycles. The molecule has 0 radical (unpaired) electrons. The highest BCUT2D eigenvalue weighted by molar-refractivity contribution is 6.12. The molecule has 3 aromatic heterocycles. The molecule has 6 aromatic carbocycles. The number of benzene rings is 6. The molecule has 3 heterocycles. The maximum atomic E-state index is 6.56. The molecule has 4 saturated carbocycles. The van der Waals surface area contributed by atoms with Crippen LogP contribution in [0.3, 0.4) is 0 Å². The summed E-state index contributed by atoms with van der Waals surface area (Å²) >= 11 is 0. The van der Waals surface area contributed by atoms with E-state index in [2.05, 4.69) is 91.0 Å². The third kappa shape index (κ3) is 3.81. The number of para-hydroxylation sites is 3. The Balaban J connectivity index is 1.07. The highest BCUT2D eigenvalue weighted by Crippen LogP contribution is 2.69. The van der Waals surface area contributed by atoms with Crippen LogP contribution >= 0.6 is 0 Å². The van der Waals surface area contributed by atoms with Gasteiger partial charge in [0.05, 0.1) is 5.56 Å². The second-order valence-electron chi connectivity index (χ2n) is 16.3. The van der Waals surface area contributed by atoms with Crippen LogP contribution in [-0.2, 0) is 5.41 Å². The minimum absolute atomic E-state index is 0.0508. The van der Waals surface area contributed by atoms with E-state index in [9.17, 15) is 0 Å². The normalized spacial score (nSPS) is 23.6. The van der Waals surface area contributed by atoms with Crippen molar-refractivity contribution in [2.75, 3.05) is 0 Å². The number of nitrogens with zero attached hydrogens (tertiary/aromatic N) is 3. The zero-order chi connectivity index (χ0) is 35.1. The van der Waals surface area contributed by atoms with Gasteiger partial charge in [-0.05, 0) is 108 Å². The van der Waals surface area contributed by atoms with Crippen LogP contribution in [0.2, 0.25) is 0 Å². The van der Waals surface area contributed by atoms with Gasteiger partial charge < -0.3 is 8.83 Å². The van der Waals surface area contributed by atoms with Crippen LogP contribution in [0.5, 0.6) is 0 Å². The fourth-order valence-corrected chi connectivity index (χ4v) is 11.9. The van der Waals surface area contributed by atoms with Gasteiger partial charge >= 0.3 is 0 Å². The zero-order valence-electron chi connectivity index (χ0n) is 29.6. The van der Waals surface area contributed by atoms with Crippen molar-refractivity contribution in [2.45, 2.75) is 37.5 Å². The monoisotopic (exact) mass is 697 g/mol. The van der Waals surface area contributed by atoms with Crippen LogP contribution in [0.1, 0.15) is 43.2 Å². The second-order valence-corrected chi connectivity index (χ2v) is 16.3. The van der Waals surface area contributed by atoms with Crippen molar-refractivity contribution in [2.24, 2.45) is 23.7 Å². The molecule has 5 heteroatoms. The molecule has 258 valence electrons. The third-order valence-corrected chi connectivity index (χ3v) is 13.7. The average Bonchev–Trinajstić information content (AvgIpc) is 3.88. The van der Waals surface area contributed by atoms with Crippen LogP contribution < -0.4 is 0 Å². The molecule has 1 spiro atoms. The molecule has 4 fully saturated rings. The molecule has 4 bridgehead atoms. The molecule has 5 nitrogen and oxygen atoms in total. The smallest absolute Gasteiger partial charge is 0.167 e. The van der Waals surface area contributed by atoms with Gasteiger partial charge in [0, 0.05) is 38.1 Å². The van der Waals surface area contributed by atoms with Gasteiger partial charge in [0.15, 0.2) is 17.5 Å². The zero-order valence-corrected chi connectivity index (χ0v) is 29.6. The average molecular weight is 698 g/mol. The van der Waals surface area contributed by atoms with Gasteiger partial charge in [0.1, 0.15) is 22.3 Å². The van der Waals surface area contributed by atoms with E-state index in [-0.39, 0.29) is 5.41 Å². The van der Waals surface area contributed by atoms with Crippen LogP contribution in [0.15, 0.2) is 136 Å². The third-order valence-electron chi connectivity index (χ3n) is 13.7. The van der Waals surface area contributed by atoms with E-state index in [1.807, 2.05) is 36.4 Å². The molecule has 0 aliphatic heterocycles. The summed E-state index contributed by atoms with van der Waals surface area (Å²) in [5, 5.41) is 4.19. The quantitative estimate of drug-likeness (QED) is 0.184. The van der Waals surface area contributed by atoms with E-state index in [1.165, 1.54) is 48.8 Å². The molecule has 0 N–H and O–H groups in total. The van der Waals surface area contributed by atoms with Crippen LogP contribution in [0.4, 0.5) is 0 Å². The van der Waals surface area contributed by atoms with Gasteiger partial charge in [-0.1, -0.05) is 97.1 Å². The van der Waals surface area contributed by atoms with E-state index in [1.54, 1.807) is 5.56 Å². The lowest BCUT2D eigenvalue weighted by molar-refractivity contribution is -0.0399. The van der Waals surface area contributed by atoms with E-state index < -0.39 is 0 Å². The largest absolute Gasteiger partial charge is 0.456 e. The molecular weight excluding hydrogens is 663 g/mol. The first-order valence-electron chi connectivity index (χ1n) is 19.5. The van der Waals surface area contributed by atoms with Gasteiger partial charge in [-0.25, -0.2) is 15.0 Å². The Morgan fingerprint density at radius 3 is 1.87 bits per heavy atom. The summed E-state index contributed by atoms with van der Waals surface area (Å²) in [7, 11) is 0. The fourth-order valence-electron chi connectivity index (χ4n) is 11.9. The number of fused-ring (bicyclic) bond motifs is 9. The maximum Gasteiger partial charge on any atom is 0.167 e. The molecule has 0 amide bonds. The number of aromatic nitrogens is 3. The molecule has 5 aliphatic rings. The van der Waals surface area contributed by atoms with Crippen molar-refractivity contribution in [1.82, 2.24) is 15.0 Å². The Bertz CT molecular complexity index is 3010. The Labute approximate surface area is 311 Å². The second kappa shape index (κ2) is 10.5. The van der Waals surface area contributed by atoms with Crippen LogP contribution in [0, 0.1) is 23.7 Å². The predicted molar refractivity (Wildman–Crippen MR) is 214 cm³/mol. The molecule has 54 heavy (non-hydrogen) atoms. The lowest BCUT2D eigenvalue weighted by Gasteiger charge is -2.61. The van der Waals surface area contributed by atoms with Gasteiger partial charge in [-0.15, -0.1) is 0 Å². The van der Waals surface area contributed by atoms with Crippen molar-refractivity contribution >= 4 is 43.9 Å². The number of furan rings is 2. The van der Waals surface area contributed by atoms with Gasteiger partial charge in [-0.3, -0.25) is 0 Å². The summed E-state index contributed by atoms with van der Waals surface area (Å²) in [5.41, 5.74) is 12.0. The van der Waals surface area contributed by atoms with E-state index >= 15 is 0 Å². The highest BCUT2D eigenvalue weighted by Gasteiger charge is 2.61. The van der Waals surface area contributed by atoms with E-state index in [0.717, 1.165) is 72.4 Å². The first-order chi connectivity index (χ1) is 26.7. The minimum atomic E-state index is 0.0508. The first kappa shape index (κ1) is 29.4. The number of hydrogen-bond acceptors (Lipinski definition) is 5. The Morgan fingerprint density at radius 1 is 0.444 bits per heavy atom. The van der Waals surface area contributed by atoms with Crippen molar-refractivity contribution in [3.8, 4) is 45.3 Å². The Morgan fingerprint density at radius 2 is 1.04 bits per heavy atom. The standard InChI is InChI=1S/C49H35N3O2/c1-4-15-39-32(9-1)33-20-19-29(26-40(33)49(39)30-22-27-21-28(24-30)25-31(49)23-27)46-50-47(37-13-8-18-43-44(37)36-11-3-6-17-42(36)53-43)52-48(51-46)38-14-7-12-35-34-10-2-5-16-41(34)54-45(35)38/h1-20,26-28,30-31H,21-25H2. The van der Waals surface area contributed by atoms with Crippen molar-refractivity contribution in [1.29, 1.82) is 0 Å². The summed E-state index contributed by atoms with van der Waals surface area (Å²) in [6.07, 6.45) is 6.81. The van der Waals surface area contributed by atoms with E-state index in [4.69, 9.17) is 23.8 Å². The summed E-state index contributed by atoms with van der Waals surface area (Å²) < 4.78 is 12.9. The van der Waals surface area contributed by atoms with Crippen molar-refractivity contribution < 1.29 is 8.83 Å². The van der Waals surface area contributed by atoms with Crippen molar-refractivity contribution in [3.05, 3.63) is 139 Å².